The summed E-state index contributed by atoms with van der Waals surface area (Å²) in [7, 11) is 0. The van der Waals surface area contributed by atoms with E-state index in [1.165, 1.54) is 24.8 Å². The van der Waals surface area contributed by atoms with Crippen molar-refractivity contribution in [3.63, 3.8) is 0 Å². The molecule has 1 aromatic carbocycles. The van der Waals surface area contributed by atoms with Gasteiger partial charge in [0, 0.05) is 6.04 Å². The molecular weight excluding hydrogens is 249 g/mol. The third-order valence-electron chi connectivity index (χ3n) is 4.22. The maximum Gasteiger partial charge on any atom is 0.123 e. The van der Waals surface area contributed by atoms with Gasteiger partial charge in [0.2, 0.25) is 0 Å². The van der Waals surface area contributed by atoms with E-state index in [9.17, 15) is 4.39 Å². The number of nitrogens with one attached hydrogen (secondary N) is 1. The van der Waals surface area contributed by atoms with E-state index in [1.54, 1.807) is 12.1 Å². The standard InChI is InChI=1S/C18H30FN/c1-6-9-10-15(7-2)18(20-8-3)17-13(4)11-16(19)12-14(17)5/h11-12,15,18,20H,6-10H2,1-5H3. The Labute approximate surface area is 124 Å². The first-order valence-corrected chi connectivity index (χ1v) is 8.05. The molecule has 1 aromatic rings. The Morgan fingerprint density at radius 1 is 1.10 bits per heavy atom. The smallest absolute Gasteiger partial charge is 0.123 e. The number of hydrogen-bond donors (Lipinski definition) is 1. The van der Waals surface area contributed by atoms with Crippen molar-refractivity contribution in [2.75, 3.05) is 6.54 Å². The highest BCUT2D eigenvalue weighted by atomic mass is 19.1. The fourth-order valence-corrected chi connectivity index (χ4v) is 3.21. The number of halogens is 1. The zero-order chi connectivity index (χ0) is 15.1. The van der Waals surface area contributed by atoms with Crippen LogP contribution in [0.15, 0.2) is 12.1 Å². The van der Waals surface area contributed by atoms with Crippen LogP contribution in [0.5, 0.6) is 0 Å². The van der Waals surface area contributed by atoms with Gasteiger partial charge < -0.3 is 5.32 Å². The fraction of sp³-hybridized carbons (Fsp3) is 0.667. The molecule has 114 valence electrons. The van der Waals surface area contributed by atoms with Crippen molar-refractivity contribution in [3.8, 4) is 0 Å². The second-order valence-corrected chi connectivity index (χ2v) is 5.80. The Kier molecular flexibility index (Phi) is 7.22. The van der Waals surface area contributed by atoms with Gasteiger partial charge in [-0.15, -0.1) is 0 Å². The van der Waals surface area contributed by atoms with Crippen molar-refractivity contribution in [1.82, 2.24) is 5.32 Å². The first-order valence-electron chi connectivity index (χ1n) is 8.05. The molecule has 0 saturated heterocycles. The lowest BCUT2D eigenvalue weighted by atomic mass is 9.83. The first-order chi connectivity index (χ1) is 9.54. The van der Waals surface area contributed by atoms with Gasteiger partial charge in [-0.3, -0.25) is 0 Å². The van der Waals surface area contributed by atoms with E-state index in [1.807, 2.05) is 13.8 Å². The topological polar surface area (TPSA) is 12.0 Å². The second-order valence-electron chi connectivity index (χ2n) is 5.80. The van der Waals surface area contributed by atoms with Crippen LogP contribution in [0, 0.1) is 25.6 Å². The van der Waals surface area contributed by atoms with E-state index in [2.05, 4.69) is 26.1 Å². The summed E-state index contributed by atoms with van der Waals surface area (Å²) >= 11 is 0. The maximum atomic E-state index is 13.5. The first kappa shape index (κ1) is 17.2. The summed E-state index contributed by atoms with van der Waals surface area (Å²) in [5, 5.41) is 3.64. The molecule has 0 amide bonds. The van der Waals surface area contributed by atoms with Crippen molar-refractivity contribution in [1.29, 1.82) is 0 Å². The monoisotopic (exact) mass is 279 g/mol. The minimum Gasteiger partial charge on any atom is -0.310 e. The van der Waals surface area contributed by atoms with Gasteiger partial charge in [0.1, 0.15) is 5.82 Å². The van der Waals surface area contributed by atoms with Crippen molar-refractivity contribution in [3.05, 3.63) is 34.6 Å². The lowest BCUT2D eigenvalue weighted by molar-refractivity contribution is 0.325. The van der Waals surface area contributed by atoms with E-state index in [0.717, 1.165) is 24.1 Å². The van der Waals surface area contributed by atoms with Crippen molar-refractivity contribution < 1.29 is 4.39 Å². The van der Waals surface area contributed by atoms with Crippen molar-refractivity contribution >= 4 is 0 Å². The summed E-state index contributed by atoms with van der Waals surface area (Å²) in [6.07, 6.45) is 4.89. The molecule has 0 aliphatic rings. The van der Waals surface area contributed by atoms with Gasteiger partial charge in [-0.05, 0) is 61.6 Å². The Morgan fingerprint density at radius 2 is 1.70 bits per heavy atom. The Hall–Kier alpha value is -0.890. The van der Waals surface area contributed by atoms with Gasteiger partial charge in [-0.1, -0.05) is 40.0 Å². The van der Waals surface area contributed by atoms with E-state index in [0.29, 0.717) is 12.0 Å². The van der Waals surface area contributed by atoms with Crippen LogP contribution in [-0.2, 0) is 0 Å². The molecule has 0 bridgehead atoms. The zero-order valence-electron chi connectivity index (χ0n) is 13.7. The molecule has 0 fully saturated rings. The van der Waals surface area contributed by atoms with Crippen LogP contribution in [0.2, 0.25) is 0 Å². The predicted molar refractivity (Wildman–Crippen MR) is 85.6 cm³/mol. The second kappa shape index (κ2) is 8.41. The zero-order valence-corrected chi connectivity index (χ0v) is 13.7. The predicted octanol–water partition coefficient (Wildman–Crippen LogP) is 5.31. The van der Waals surface area contributed by atoms with E-state index in [-0.39, 0.29) is 5.82 Å². The number of hydrogen-bond acceptors (Lipinski definition) is 1. The highest BCUT2D eigenvalue weighted by Crippen LogP contribution is 2.33. The van der Waals surface area contributed by atoms with Gasteiger partial charge >= 0.3 is 0 Å². The summed E-state index contributed by atoms with van der Waals surface area (Å²) in [5.41, 5.74) is 3.45. The lowest BCUT2D eigenvalue weighted by Crippen LogP contribution is -2.29. The average molecular weight is 279 g/mol. The molecule has 1 N–H and O–H groups in total. The normalized spacial score (nSPS) is 14.3. The number of benzene rings is 1. The number of rotatable bonds is 8. The molecule has 0 aliphatic carbocycles. The van der Waals surface area contributed by atoms with Crippen LogP contribution in [-0.4, -0.2) is 6.54 Å². The summed E-state index contributed by atoms with van der Waals surface area (Å²) in [6.45, 7) is 11.7. The van der Waals surface area contributed by atoms with Crippen molar-refractivity contribution in [2.24, 2.45) is 5.92 Å². The van der Waals surface area contributed by atoms with E-state index in [4.69, 9.17) is 0 Å². The Bertz CT molecular complexity index is 391. The third kappa shape index (κ3) is 4.31. The van der Waals surface area contributed by atoms with Gasteiger partial charge in [-0.25, -0.2) is 4.39 Å². The van der Waals surface area contributed by atoms with Gasteiger partial charge in [-0.2, -0.15) is 0 Å². The van der Waals surface area contributed by atoms with Crippen LogP contribution < -0.4 is 5.32 Å². The maximum absolute atomic E-state index is 13.5. The molecule has 2 heteroatoms. The molecule has 20 heavy (non-hydrogen) atoms. The lowest BCUT2D eigenvalue weighted by Gasteiger charge is -2.30. The quantitative estimate of drug-likeness (QED) is 0.680. The third-order valence-corrected chi connectivity index (χ3v) is 4.22. The molecule has 1 rings (SSSR count). The van der Waals surface area contributed by atoms with Crippen molar-refractivity contribution in [2.45, 2.75) is 66.3 Å². The molecule has 0 radical (unpaired) electrons. The summed E-state index contributed by atoms with van der Waals surface area (Å²) in [6, 6.07) is 3.68. The van der Waals surface area contributed by atoms with Crippen LogP contribution in [0.1, 0.15) is 69.2 Å². The Morgan fingerprint density at radius 3 is 2.15 bits per heavy atom. The highest BCUT2D eigenvalue weighted by Gasteiger charge is 2.23. The van der Waals surface area contributed by atoms with Crippen LogP contribution in [0.25, 0.3) is 0 Å². The molecule has 0 aliphatic heterocycles. The van der Waals surface area contributed by atoms with Gasteiger partial charge in [0.25, 0.3) is 0 Å². The SMILES string of the molecule is CCCCC(CC)C(NCC)c1c(C)cc(F)cc1C. The largest absolute Gasteiger partial charge is 0.310 e. The van der Waals surface area contributed by atoms with Crippen LogP contribution in [0.3, 0.4) is 0 Å². The number of unbranched alkanes of at least 4 members (excludes halogenated alkanes) is 1. The van der Waals surface area contributed by atoms with E-state index < -0.39 is 0 Å². The summed E-state index contributed by atoms with van der Waals surface area (Å²) < 4.78 is 13.5. The van der Waals surface area contributed by atoms with Crippen LogP contribution >= 0.6 is 0 Å². The minimum absolute atomic E-state index is 0.124. The molecule has 2 atom stereocenters. The average Bonchev–Trinajstić information content (AvgIpc) is 2.38. The molecule has 1 nitrogen and oxygen atoms in total. The molecule has 0 aromatic heterocycles. The fourth-order valence-electron chi connectivity index (χ4n) is 3.21. The molecule has 0 spiro atoms. The van der Waals surface area contributed by atoms with Gasteiger partial charge in [0.05, 0.1) is 0 Å². The van der Waals surface area contributed by atoms with E-state index >= 15 is 0 Å². The van der Waals surface area contributed by atoms with Crippen LogP contribution in [0.4, 0.5) is 4.39 Å². The highest BCUT2D eigenvalue weighted by molar-refractivity contribution is 5.37. The number of aryl methyl sites for hydroxylation is 2. The molecule has 2 unspecified atom stereocenters. The molecule has 0 saturated carbocycles. The molecule has 0 heterocycles. The van der Waals surface area contributed by atoms with Gasteiger partial charge in [0.15, 0.2) is 0 Å². The Balaban J connectivity index is 3.11. The molecular formula is C18H30FN. The minimum atomic E-state index is -0.124. The summed E-state index contributed by atoms with van der Waals surface area (Å²) in [4.78, 5) is 0. The summed E-state index contributed by atoms with van der Waals surface area (Å²) in [5.74, 6) is 0.498.